The highest BCUT2D eigenvalue weighted by Gasteiger charge is 2.24. The van der Waals surface area contributed by atoms with Crippen LogP contribution in [0.5, 0.6) is 5.75 Å². The number of anilines is 1. The Bertz CT molecular complexity index is 810. The highest BCUT2D eigenvalue weighted by molar-refractivity contribution is 8.01. The number of nitrogens with one attached hydrogen (secondary N) is 2. The molecule has 1 heterocycles. The molecule has 0 saturated carbocycles. The van der Waals surface area contributed by atoms with Crippen molar-refractivity contribution in [2.45, 2.75) is 24.5 Å². The first-order valence-electron chi connectivity index (χ1n) is 9.06. The molecular formula is C21H24N2O3S. The van der Waals surface area contributed by atoms with Crippen LogP contribution in [0, 0.1) is 0 Å². The summed E-state index contributed by atoms with van der Waals surface area (Å²) in [5.74, 6) is 1.03. The van der Waals surface area contributed by atoms with Crippen molar-refractivity contribution in [1.82, 2.24) is 5.32 Å². The molecule has 2 N–H and O–H groups in total. The predicted molar refractivity (Wildman–Crippen MR) is 109 cm³/mol. The normalized spacial score (nSPS) is 16.0. The van der Waals surface area contributed by atoms with Crippen LogP contribution in [0.25, 0.3) is 0 Å². The summed E-state index contributed by atoms with van der Waals surface area (Å²) in [7, 11) is 1.64. The van der Waals surface area contributed by atoms with E-state index >= 15 is 0 Å². The second kappa shape index (κ2) is 9.46. The molecular weight excluding hydrogens is 360 g/mol. The van der Waals surface area contributed by atoms with Gasteiger partial charge in [0, 0.05) is 12.2 Å². The minimum absolute atomic E-state index is 0.0215. The van der Waals surface area contributed by atoms with E-state index in [-0.39, 0.29) is 22.8 Å². The van der Waals surface area contributed by atoms with Crippen LogP contribution in [0.2, 0.25) is 0 Å². The third-order valence-electron chi connectivity index (χ3n) is 4.57. The van der Waals surface area contributed by atoms with Gasteiger partial charge in [0.15, 0.2) is 0 Å². The van der Waals surface area contributed by atoms with Gasteiger partial charge in [0.2, 0.25) is 11.8 Å². The molecule has 0 spiro atoms. The number of fused-ring (bicyclic) bond motifs is 1. The number of ether oxygens (including phenoxy) is 1. The maximum atomic E-state index is 12.4. The molecule has 6 heteroatoms. The highest BCUT2D eigenvalue weighted by Crippen LogP contribution is 2.27. The van der Waals surface area contributed by atoms with Crippen molar-refractivity contribution in [2.24, 2.45) is 0 Å². The van der Waals surface area contributed by atoms with Crippen LogP contribution in [0.1, 0.15) is 17.5 Å². The van der Waals surface area contributed by atoms with Gasteiger partial charge in [-0.05, 0) is 42.5 Å². The number of para-hydroxylation sites is 2. The molecule has 0 bridgehead atoms. The molecule has 1 aliphatic rings. The van der Waals surface area contributed by atoms with Crippen molar-refractivity contribution in [1.29, 1.82) is 0 Å². The zero-order chi connectivity index (χ0) is 19.1. The summed E-state index contributed by atoms with van der Waals surface area (Å²) in [6.45, 7) is 0.544. The Hall–Kier alpha value is -2.47. The molecule has 1 aliphatic heterocycles. The number of rotatable bonds is 7. The van der Waals surface area contributed by atoms with Crippen molar-refractivity contribution in [3.63, 3.8) is 0 Å². The zero-order valence-corrected chi connectivity index (χ0v) is 16.2. The van der Waals surface area contributed by atoms with Gasteiger partial charge in [0.1, 0.15) is 5.75 Å². The van der Waals surface area contributed by atoms with E-state index in [9.17, 15) is 9.59 Å². The number of methoxy groups -OCH3 is 1. The highest BCUT2D eigenvalue weighted by atomic mass is 32.2. The average molecular weight is 385 g/mol. The predicted octanol–water partition coefficient (Wildman–Crippen LogP) is 3.04. The fourth-order valence-corrected chi connectivity index (χ4v) is 4.07. The van der Waals surface area contributed by atoms with Crippen LogP contribution >= 0.6 is 11.8 Å². The monoisotopic (exact) mass is 384 g/mol. The van der Waals surface area contributed by atoms with E-state index in [0.29, 0.717) is 13.0 Å². The van der Waals surface area contributed by atoms with Gasteiger partial charge in [-0.25, -0.2) is 0 Å². The molecule has 2 aromatic carbocycles. The topological polar surface area (TPSA) is 67.4 Å². The summed E-state index contributed by atoms with van der Waals surface area (Å²) >= 11 is 1.40. The Morgan fingerprint density at radius 3 is 2.85 bits per heavy atom. The van der Waals surface area contributed by atoms with Gasteiger partial charge in [-0.2, -0.15) is 0 Å². The number of thioether (sulfide) groups is 1. The molecule has 3 rings (SSSR count). The molecule has 5 nitrogen and oxygen atoms in total. The molecule has 0 fully saturated rings. The number of hydrogen-bond acceptors (Lipinski definition) is 4. The lowest BCUT2D eigenvalue weighted by Gasteiger charge is -2.13. The maximum absolute atomic E-state index is 12.4. The summed E-state index contributed by atoms with van der Waals surface area (Å²) in [6, 6.07) is 15.6. The molecule has 0 radical (unpaired) electrons. The van der Waals surface area contributed by atoms with Crippen molar-refractivity contribution in [2.75, 3.05) is 24.7 Å². The lowest BCUT2D eigenvalue weighted by molar-refractivity contribution is -0.118. The Labute approximate surface area is 163 Å². The summed E-state index contributed by atoms with van der Waals surface area (Å²) < 4.78 is 5.32. The molecule has 2 amide bonds. The fourth-order valence-electron chi connectivity index (χ4n) is 3.12. The summed E-state index contributed by atoms with van der Waals surface area (Å²) in [5, 5.41) is 5.68. The molecule has 1 unspecified atom stereocenters. The van der Waals surface area contributed by atoms with Gasteiger partial charge >= 0.3 is 0 Å². The van der Waals surface area contributed by atoms with Gasteiger partial charge in [-0.1, -0.05) is 36.4 Å². The van der Waals surface area contributed by atoms with Gasteiger partial charge in [-0.15, -0.1) is 11.8 Å². The van der Waals surface area contributed by atoms with E-state index in [0.717, 1.165) is 35.4 Å². The van der Waals surface area contributed by atoms with Crippen LogP contribution in [-0.2, 0) is 22.4 Å². The standard InChI is InChI=1S/C21H24N2O3S/c1-26-18-9-5-3-7-16(18)12-13-22-20(24)14-27-19-11-10-15-6-2-4-8-17(15)23-21(19)25/h2-9,19H,10-14H2,1H3,(H,22,24)(H,23,25). The van der Waals surface area contributed by atoms with E-state index in [2.05, 4.69) is 10.6 Å². The van der Waals surface area contributed by atoms with Crippen LogP contribution < -0.4 is 15.4 Å². The molecule has 0 aliphatic carbocycles. The summed E-state index contributed by atoms with van der Waals surface area (Å²) in [4.78, 5) is 24.5. The van der Waals surface area contributed by atoms with E-state index < -0.39 is 0 Å². The molecule has 0 aromatic heterocycles. The van der Waals surface area contributed by atoms with Crippen LogP contribution in [-0.4, -0.2) is 36.5 Å². The smallest absolute Gasteiger partial charge is 0.237 e. The molecule has 0 saturated heterocycles. The number of benzene rings is 2. The van der Waals surface area contributed by atoms with Gasteiger partial charge in [-0.3, -0.25) is 9.59 Å². The van der Waals surface area contributed by atoms with Crippen LogP contribution in [0.4, 0.5) is 5.69 Å². The molecule has 27 heavy (non-hydrogen) atoms. The number of carbonyl (C=O) groups excluding carboxylic acids is 2. The Morgan fingerprint density at radius 1 is 1.22 bits per heavy atom. The maximum Gasteiger partial charge on any atom is 0.237 e. The summed E-state index contributed by atoms with van der Waals surface area (Å²) in [6.07, 6.45) is 2.28. The van der Waals surface area contributed by atoms with E-state index in [1.165, 1.54) is 11.8 Å². The largest absolute Gasteiger partial charge is 0.496 e. The van der Waals surface area contributed by atoms with Crippen LogP contribution in [0.3, 0.4) is 0 Å². The minimum Gasteiger partial charge on any atom is -0.496 e. The van der Waals surface area contributed by atoms with Gasteiger partial charge in [0.05, 0.1) is 18.1 Å². The van der Waals surface area contributed by atoms with Crippen molar-refractivity contribution in [3.05, 3.63) is 59.7 Å². The molecule has 142 valence electrons. The third kappa shape index (κ3) is 5.26. The fraction of sp³-hybridized carbons (Fsp3) is 0.333. The average Bonchev–Trinajstić information content (AvgIpc) is 2.85. The lowest BCUT2D eigenvalue weighted by Crippen LogP contribution is -2.30. The number of hydrogen-bond donors (Lipinski definition) is 2. The number of carbonyl (C=O) groups is 2. The van der Waals surface area contributed by atoms with E-state index in [4.69, 9.17) is 4.74 Å². The third-order valence-corrected chi connectivity index (χ3v) is 5.85. The first-order valence-corrected chi connectivity index (χ1v) is 10.1. The van der Waals surface area contributed by atoms with Gasteiger partial charge < -0.3 is 15.4 Å². The minimum atomic E-state index is -0.211. The van der Waals surface area contributed by atoms with Gasteiger partial charge in [0.25, 0.3) is 0 Å². The van der Waals surface area contributed by atoms with Crippen molar-refractivity contribution in [3.8, 4) is 5.75 Å². The molecule has 1 atom stereocenters. The zero-order valence-electron chi connectivity index (χ0n) is 15.4. The second-order valence-electron chi connectivity index (χ2n) is 6.40. The van der Waals surface area contributed by atoms with Crippen LogP contribution in [0.15, 0.2) is 48.5 Å². The Balaban J connectivity index is 1.43. The van der Waals surface area contributed by atoms with E-state index in [1.54, 1.807) is 7.11 Å². The SMILES string of the molecule is COc1ccccc1CCNC(=O)CSC1CCc2ccccc2NC1=O. The molecule has 2 aromatic rings. The number of aryl methyl sites for hydroxylation is 1. The summed E-state index contributed by atoms with van der Waals surface area (Å²) in [5.41, 5.74) is 3.09. The second-order valence-corrected chi connectivity index (χ2v) is 7.59. The van der Waals surface area contributed by atoms with Crippen molar-refractivity contribution >= 4 is 29.3 Å². The Morgan fingerprint density at radius 2 is 2.00 bits per heavy atom. The quantitative estimate of drug-likeness (QED) is 0.770. The lowest BCUT2D eigenvalue weighted by atomic mass is 10.1. The first-order chi connectivity index (χ1) is 13.2. The van der Waals surface area contributed by atoms with E-state index in [1.807, 2.05) is 48.5 Å². The first kappa shape index (κ1) is 19.3. The number of amides is 2. The Kier molecular flexibility index (Phi) is 6.76. The van der Waals surface area contributed by atoms with Crippen molar-refractivity contribution < 1.29 is 14.3 Å².